The van der Waals surface area contributed by atoms with Gasteiger partial charge in [-0.05, 0) is 23.6 Å². The Balaban J connectivity index is 2.33. The number of fused-ring (bicyclic) bond motifs is 1. The van der Waals surface area contributed by atoms with Gasteiger partial charge in [-0.3, -0.25) is 0 Å². The second-order valence-corrected chi connectivity index (χ2v) is 4.64. The Kier molecular flexibility index (Phi) is 2.45. The lowest BCUT2D eigenvalue weighted by atomic mass is 10.1. The van der Waals surface area contributed by atoms with Crippen LogP contribution in [0.2, 0.25) is 0 Å². The van der Waals surface area contributed by atoms with Crippen LogP contribution >= 0.6 is 11.3 Å². The second-order valence-electron chi connectivity index (χ2n) is 3.72. The first-order valence-corrected chi connectivity index (χ1v) is 5.98. The van der Waals surface area contributed by atoms with E-state index in [1.54, 1.807) is 6.07 Å². The van der Waals surface area contributed by atoms with Gasteiger partial charge in [0.1, 0.15) is 11.6 Å². The predicted molar refractivity (Wildman–Crippen MR) is 67.2 cm³/mol. The summed E-state index contributed by atoms with van der Waals surface area (Å²) in [5.41, 5.74) is 7.07. The third-order valence-electron chi connectivity index (χ3n) is 2.46. The van der Waals surface area contributed by atoms with Gasteiger partial charge in [0.25, 0.3) is 0 Å². The van der Waals surface area contributed by atoms with E-state index in [4.69, 9.17) is 5.73 Å². The molecule has 3 aromatic rings. The zero-order valence-corrected chi connectivity index (χ0v) is 9.84. The van der Waals surface area contributed by atoms with Gasteiger partial charge in [0.15, 0.2) is 0 Å². The number of nitrogens with two attached hydrogens (primary N) is 1. The highest BCUT2D eigenvalue weighted by Crippen LogP contribution is 2.31. The normalized spacial score (nSPS) is 11.0. The van der Waals surface area contributed by atoms with Crippen molar-refractivity contribution in [1.29, 1.82) is 0 Å². The van der Waals surface area contributed by atoms with Crippen LogP contribution in [-0.2, 0) is 0 Å². The standard InChI is InChI=1S/C12H7F2N3S/c13-7-3-6(4-8(14)5-7)10-11-9(1-2-18-11)16-12(15)17-10/h1-5H,(H2,15,16,17). The van der Waals surface area contributed by atoms with Crippen LogP contribution in [0.3, 0.4) is 0 Å². The van der Waals surface area contributed by atoms with Crippen LogP contribution < -0.4 is 5.73 Å². The summed E-state index contributed by atoms with van der Waals surface area (Å²) in [7, 11) is 0. The molecule has 18 heavy (non-hydrogen) atoms. The summed E-state index contributed by atoms with van der Waals surface area (Å²) in [5.74, 6) is -1.21. The van der Waals surface area contributed by atoms with Crippen LogP contribution in [0, 0.1) is 11.6 Å². The van der Waals surface area contributed by atoms with Gasteiger partial charge in [-0.15, -0.1) is 11.3 Å². The van der Waals surface area contributed by atoms with Crippen LogP contribution in [0.5, 0.6) is 0 Å². The molecule has 6 heteroatoms. The zero-order chi connectivity index (χ0) is 12.7. The number of halogens is 2. The SMILES string of the molecule is Nc1nc(-c2cc(F)cc(F)c2)c2sccc2n1. The number of anilines is 1. The van der Waals surface area contributed by atoms with Gasteiger partial charge < -0.3 is 5.73 Å². The van der Waals surface area contributed by atoms with E-state index in [9.17, 15) is 8.78 Å². The molecule has 3 rings (SSSR count). The molecule has 0 aliphatic carbocycles. The fraction of sp³-hybridized carbons (Fsp3) is 0. The fourth-order valence-electron chi connectivity index (χ4n) is 1.77. The summed E-state index contributed by atoms with van der Waals surface area (Å²) in [6.45, 7) is 0. The third-order valence-corrected chi connectivity index (χ3v) is 3.37. The van der Waals surface area contributed by atoms with Crippen LogP contribution in [0.4, 0.5) is 14.7 Å². The first-order chi connectivity index (χ1) is 8.63. The van der Waals surface area contributed by atoms with Crippen molar-refractivity contribution in [3.05, 3.63) is 41.3 Å². The van der Waals surface area contributed by atoms with Crippen LogP contribution in [0.15, 0.2) is 29.6 Å². The maximum Gasteiger partial charge on any atom is 0.221 e. The van der Waals surface area contributed by atoms with E-state index in [1.807, 2.05) is 5.38 Å². The zero-order valence-electron chi connectivity index (χ0n) is 9.02. The molecule has 0 aliphatic rings. The maximum atomic E-state index is 13.2. The average molecular weight is 263 g/mol. The molecule has 0 fully saturated rings. The monoisotopic (exact) mass is 263 g/mol. The highest BCUT2D eigenvalue weighted by Gasteiger charge is 2.11. The van der Waals surface area contributed by atoms with Crippen LogP contribution in [-0.4, -0.2) is 9.97 Å². The molecule has 0 atom stereocenters. The molecule has 90 valence electrons. The van der Waals surface area contributed by atoms with Crippen molar-refractivity contribution in [2.75, 3.05) is 5.73 Å². The van der Waals surface area contributed by atoms with E-state index in [-0.39, 0.29) is 5.95 Å². The molecule has 0 radical (unpaired) electrons. The number of rotatable bonds is 1. The van der Waals surface area contributed by atoms with Gasteiger partial charge in [-0.25, -0.2) is 18.7 Å². The molecule has 0 unspecified atom stereocenters. The van der Waals surface area contributed by atoms with Gasteiger partial charge in [-0.2, -0.15) is 0 Å². The Hall–Kier alpha value is -2.08. The highest BCUT2D eigenvalue weighted by atomic mass is 32.1. The first-order valence-electron chi connectivity index (χ1n) is 5.10. The Bertz CT molecular complexity index is 719. The Morgan fingerprint density at radius 1 is 1.06 bits per heavy atom. The minimum Gasteiger partial charge on any atom is -0.368 e. The lowest BCUT2D eigenvalue weighted by Crippen LogP contribution is -1.97. The molecule has 0 saturated carbocycles. The number of nitrogen functional groups attached to an aromatic ring is 1. The highest BCUT2D eigenvalue weighted by molar-refractivity contribution is 7.17. The Labute approximate surface area is 105 Å². The van der Waals surface area contributed by atoms with Gasteiger partial charge >= 0.3 is 0 Å². The lowest BCUT2D eigenvalue weighted by Gasteiger charge is -2.04. The summed E-state index contributed by atoms with van der Waals surface area (Å²) in [5, 5.41) is 1.83. The van der Waals surface area contributed by atoms with Gasteiger partial charge in [-0.1, -0.05) is 0 Å². The van der Waals surface area contributed by atoms with Crippen LogP contribution in [0.1, 0.15) is 0 Å². The van der Waals surface area contributed by atoms with Gasteiger partial charge in [0.2, 0.25) is 5.95 Å². The number of benzene rings is 1. The summed E-state index contributed by atoms with van der Waals surface area (Å²) >= 11 is 1.40. The molecule has 0 bridgehead atoms. The lowest BCUT2D eigenvalue weighted by molar-refractivity contribution is 0.584. The predicted octanol–water partition coefficient (Wildman–Crippen LogP) is 3.22. The minimum absolute atomic E-state index is 0.0839. The molecule has 0 amide bonds. The molecular weight excluding hydrogens is 256 g/mol. The number of thiophene rings is 1. The van der Waals surface area contributed by atoms with Crippen molar-refractivity contribution in [3.8, 4) is 11.3 Å². The van der Waals surface area contributed by atoms with Crippen molar-refractivity contribution in [2.45, 2.75) is 0 Å². The quantitative estimate of drug-likeness (QED) is 0.733. The maximum absolute atomic E-state index is 13.2. The molecule has 1 aromatic carbocycles. The smallest absolute Gasteiger partial charge is 0.221 e. The first kappa shape index (κ1) is 11.0. The van der Waals surface area contributed by atoms with Crippen LogP contribution in [0.25, 0.3) is 21.5 Å². The molecular formula is C12H7F2N3S. The fourth-order valence-corrected chi connectivity index (χ4v) is 2.61. The second kappa shape index (κ2) is 3.99. The average Bonchev–Trinajstić information content (AvgIpc) is 2.74. The topological polar surface area (TPSA) is 51.8 Å². The molecule has 0 aliphatic heterocycles. The van der Waals surface area contributed by atoms with E-state index in [2.05, 4.69) is 9.97 Å². The van der Waals surface area contributed by atoms with Gasteiger partial charge in [0, 0.05) is 11.6 Å². The molecule has 2 aromatic heterocycles. The van der Waals surface area contributed by atoms with E-state index in [0.717, 1.165) is 10.8 Å². The molecule has 3 nitrogen and oxygen atoms in total. The molecule has 0 saturated heterocycles. The largest absolute Gasteiger partial charge is 0.368 e. The number of hydrogen-bond donors (Lipinski definition) is 1. The Morgan fingerprint density at radius 3 is 2.50 bits per heavy atom. The summed E-state index contributed by atoms with van der Waals surface area (Å²) < 4.78 is 27.2. The van der Waals surface area contributed by atoms with Crippen molar-refractivity contribution in [2.24, 2.45) is 0 Å². The van der Waals surface area contributed by atoms with E-state index < -0.39 is 11.6 Å². The summed E-state index contributed by atoms with van der Waals surface area (Å²) in [6.07, 6.45) is 0. The number of hydrogen-bond acceptors (Lipinski definition) is 4. The minimum atomic E-state index is -0.646. The summed E-state index contributed by atoms with van der Waals surface area (Å²) in [4.78, 5) is 8.13. The summed E-state index contributed by atoms with van der Waals surface area (Å²) in [6, 6.07) is 5.06. The number of aromatic nitrogens is 2. The number of nitrogens with zero attached hydrogens (tertiary/aromatic N) is 2. The molecule has 2 heterocycles. The van der Waals surface area contributed by atoms with Crippen molar-refractivity contribution in [1.82, 2.24) is 9.97 Å². The van der Waals surface area contributed by atoms with E-state index in [1.165, 1.54) is 23.5 Å². The third kappa shape index (κ3) is 1.80. The van der Waals surface area contributed by atoms with Crippen molar-refractivity contribution in [3.63, 3.8) is 0 Å². The van der Waals surface area contributed by atoms with E-state index in [0.29, 0.717) is 16.8 Å². The van der Waals surface area contributed by atoms with Crippen molar-refractivity contribution < 1.29 is 8.78 Å². The van der Waals surface area contributed by atoms with Gasteiger partial charge in [0.05, 0.1) is 15.9 Å². The Morgan fingerprint density at radius 2 is 1.78 bits per heavy atom. The molecule has 2 N–H and O–H groups in total. The van der Waals surface area contributed by atoms with E-state index >= 15 is 0 Å². The van der Waals surface area contributed by atoms with Crippen molar-refractivity contribution >= 4 is 27.5 Å². The molecule has 0 spiro atoms.